The van der Waals surface area contributed by atoms with Crippen LogP contribution in [0.4, 0.5) is 0 Å². The molecule has 11 rings (SSSR count). The summed E-state index contributed by atoms with van der Waals surface area (Å²) in [6.45, 7) is 0. The third-order valence-electron chi connectivity index (χ3n) is 11.3. The molecule has 0 saturated heterocycles. The summed E-state index contributed by atoms with van der Waals surface area (Å²) in [5.74, 6) is 0. The van der Waals surface area contributed by atoms with Gasteiger partial charge < -0.3 is 4.42 Å². The first-order valence-electron chi connectivity index (χ1n) is 18.9. The third-order valence-corrected chi connectivity index (χ3v) is 11.3. The van der Waals surface area contributed by atoms with E-state index in [-0.39, 0.29) is 0 Å². The van der Waals surface area contributed by atoms with Crippen LogP contribution in [0, 0.1) is 0 Å². The van der Waals surface area contributed by atoms with Crippen molar-refractivity contribution in [1.82, 2.24) is 0 Å². The van der Waals surface area contributed by atoms with Crippen molar-refractivity contribution in [3.05, 3.63) is 206 Å². The van der Waals surface area contributed by atoms with E-state index in [0.29, 0.717) is 0 Å². The Morgan fingerprint density at radius 2 is 0.636 bits per heavy atom. The van der Waals surface area contributed by atoms with E-state index in [4.69, 9.17) is 4.42 Å². The minimum atomic E-state index is 0.910. The Kier molecular flexibility index (Phi) is 7.25. The summed E-state index contributed by atoms with van der Waals surface area (Å²) < 4.78 is 6.56. The second-order valence-corrected chi connectivity index (χ2v) is 14.3. The van der Waals surface area contributed by atoms with Gasteiger partial charge in [-0.1, -0.05) is 200 Å². The average Bonchev–Trinajstić information content (AvgIpc) is 3.65. The van der Waals surface area contributed by atoms with Gasteiger partial charge in [0.2, 0.25) is 0 Å². The number of benzene rings is 10. The zero-order valence-electron chi connectivity index (χ0n) is 30.0. The van der Waals surface area contributed by atoms with Gasteiger partial charge in [0.15, 0.2) is 0 Å². The van der Waals surface area contributed by atoms with Gasteiger partial charge in [-0.05, 0) is 88.5 Å². The van der Waals surface area contributed by atoms with E-state index in [0.717, 1.165) is 27.5 Å². The van der Waals surface area contributed by atoms with Gasteiger partial charge in [0.25, 0.3) is 0 Å². The lowest BCUT2D eigenvalue weighted by Gasteiger charge is -2.23. The van der Waals surface area contributed by atoms with Crippen LogP contribution in [0.5, 0.6) is 0 Å². The summed E-state index contributed by atoms with van der Waals surface area (Å²) in [4.78, 5) is 0. The van der Waals surface area contributed by atoms with Crippen molar-refractivity contribution in [3.8, 4) is 55.6 Å². The number of hydrogen-bond donors (Lipinski definition) is 0. The zero-order valence-corrected chi connectivity index (χ0v) is 30.0. The Morgan fingerprint density at radius 1 is 0.218 bits per heavy atom. The quantitative estimate of drug-likeness (QED) is 0.163. The van der Waals surface area contributed by atoms with Gasteiger partial charge >= 0.3 is 0 Å². The Labute approximate surface area is 319 Å². The summed E-state index contributed by atoms with van der Waals surface area (Å²) in [6, 6.07) is 74.7. The van der Waals surface area contributed by atoms with Crippen LogP contribution in [-0.2, 0) is 0 Å². The summed E-state index contributed by atoms with van der Waals surface area (Å²) in [5.41, 5.74) is 13.9. The highest BCUT2D eigenvalue weighted by Crippen LogP contribution is 2.50. The molecule has 256 valence electrons. The van der Waals surface area contributed by atoms with E-state index in [2.05, 4.69) is 200 Å². The van der Waals surface area contributed by atoms with Crippen LogP contribution >= 0.6 is 0 Å². The molecule has 0 radical (unpaired) electrons. The minimum Gasteiger partial charge on any atom is -0.455 e. The lowest BCUT2D eigenvalue weighted by atomic mass is 9.80. The van der Waals surface area contributed by atoms with Crippen LogP contribution in [0.25, 0.3) is 110 Å². The predicted octanol–water partition coefficient (Wildman–Crippen LogP) is 15.4. The Bertz CT molecular complexity index is 3130. The summed E-state index contributed by atoms with van der Waals surface area (Å²) in [7, 11) is 0. The molecule has 0 atom stereocenters. The molecule has 0 amide bonds. The molecule has 55 heavy (non-hydrogen) atoms. The molecule has 0 N–H and O–H groups in total. The van der Waals surface area contributed by atoms with Gasteiger partial charge in [-0.3, -0.25) is 0 Å². The van der Waals surface area contributed by atoms with E-state index in [9.17, 15) is 0 Å². The van der Waals surface area contributed by atoms with E-state index in [1.165, 1.54) is 82.4 Å². The molecule has 0 bridgehead atoms. The Balaban J connectivity index is 1.22. The standard InChI is InChI=1S/C54H34O/c1-3-17-35(18-4-1)37-28-15-29-38(36-19-5-2-6-20-36)52(37)53-45-26-11-9-24-43(45)51(44-25-10-12-27-46(44)53)47-34-33-41(39-21-7-8-22-40(39)47)48-30-16-31-49-42-23-13-14-32-50(42)55-54(48)49/h1-34H. The summed E-state index contributed by atoms with van der Waals surface area (Å²) in [6.07, 6.45) is 0. The first-order chi connectivity index (χ1) is 27.3. The molecule has 1 aromatic heterocycles. The summed E-state index contributed by atoms with van der Waals surface area (Å²) in [5, 5.41) is 9.62. The van der Waals surface area contributed by atoms with Gasteiger partial charge in [0.1, 0.15) is 11.2 Å². The molecule has 10 aromatic carbocycles. The second-order valence-electron chi connectivity index (χ2n) is 14.3. The van der Waals surface area contributed by atoms with Crippen LogP contribution < -0.4 is 0 Å². The van der Waals surface area contributed by atoms with Gasteiger partial charge in [-0.15, -0.1) is 0 Å². The average molecular weight is 699 g/mol. The Hall–Kier alpha value is -7.22. The van der Waals surface area contributed by atoms with E-state index >= 15 is 0 Å². The first kappa shape index (κ1) is 31.3. The van der Waals surface area contributed by atoms with Crippen LogP contribution in [-0.4, -0.2) is 0 Å². The third kappa shape index (κ3) is 4.94. The maximum Gasteiger partial charge on any atom is 0.143 e. The van der Waals surface area contributed by atoms with Crippen molar-refractivity contribution < 1.29 is 4.42 Å². The maximum absolute atomic E-state index is 6.56. The van der Waals surface area contributed by atoms with E-state index < -0.39 is 0 Å². The van der Waals surface area contributed by atoms with Gasteiger partial charge in [0, 0.05) is 16.3 Å². The monoisotopic (exact) mass is 698 g/mol. The molecular formula is C54H34O. The van der Waals surface area contributed by atoms with Crippen LogP contribution in [0.15, 0.2) is 211 Å². The number of para-hydroxylation sites is 2. The van der Waals surface area contributed by atoms with Gasteiger partial charge in [0.05, 0.1) is 0 Å². The van der Waals surface area contributed by atoms with Crippen molar-refractivity contribution in [1.29, 1.82) is 0 Å². The highest BCUT2D eigenvalue weighted by atomic mass is 16.3. The van der Waals surface area contributed by atoms with Crippen LogP contribution in [0.1, 0.15) is 0 Å². The normalized spacial score (nSPS) is 11.6. The molecule has 0 spiro atoms. The summed E-state index contributed by atoms with van der Waals surface area (Å²) >= 11 is 0. The number of hydrogen-bond acceptors (Lipinski definition) is 1. The lowest BCUT2D eigenvalue weighted by molar-refractivity contribution is 0.670. The molecule has 0 aliphatic heterocycles. The fraction of sp³-hybridized carbons (Fsp3) is 0. The Morgan fingerprint density at radius 3 is 1.24 bits per heavy atom. The van der Waals surface area contributed by atoms with Crippen molar-refractivity contribution in [2.75, 3.05) is 0 Å². The highest BCUT2D eigenvalue weighted by Gasteiger charge is 2.23. The van der Waals surface area contributed by atoms with Crippen molar-refractivity contribution in [2.45, 2.75) is 0 Å². The molecule has 1 nitrogen and oxygen atoms in total. The molecular weight excluding hydrogens is 665 g/mol. The van der Waals surface area contributed by atoms with Gasteiger partial charge in [-0.2, -0.15) is 0 Å². The molecule has 1 heterocycles. The smallest absolute Gasteiger partial charge is 0.143 e. The molecule has 0 saturated carbocycles. The SMILES string of the molecule is c1ccc(-c2cccc(-c3ccccc3)c2-c2c3ccccc3c(-c3ccc(-c4cccc5c4oc4ccccc45)c4ccccc34)c3ccccc23)cc1. The lowest BCUT2D eigenvalue weighted by Crippen LogP contribution is -1.96. The molecule has 0 fully saturated rings. The van der Waals surface area contributed by atoms with Gasteiger partial charge in [-0.25, -0.2) is 0 Å². The number of fused-ring (bicyclic) bond motifs is 6. The fourth-order valence-electron chi connectivity index (χ4n) is 8.94. The van der Waals surface area contributed by atoms with E-state index in [1.54, 1.807) is 0 Å². The first-order valence-corrected chi connectivity index (χ1v) is 18.9. The predicted molar refractivity (Wildman–Crippen MR) is 233 cm³/mol. The van der Waals surface area contributed by atoms with Crippen molar-refractivity contribution >= 4 is 54.3 Å². The van der Waals surface area contributed by atoms with Crippen molar-refractivity contribution in [2.24, 2.45) is 0 Å². The topological polar surface area (TPSA) is 13.1 Å². The number of furan rings is 1. The molecule has 0 unspecified atom stereocenters. The highest BCUT2D eigenvalue weighted by molar-refractivity contribution is 6.26. The maximum atomic E-state index is 6.56. The molecule has 1 heteroatoms. The number of rotatable bonds is 5. The molecule has 0 aliphatic rings. The zero-order chi connectivity index (χ0) is 36.3. The van der Waals surface area contributed by atoms with Crippen LogP contribution in [0.2, 0.25) is 0 Å². The minimum absolute atomic E-state index is 0.910. The molecule has 11 aromatic rings. The van der Waals surface area contributed by atoms with E-state index in [1.807, 2.05) is 6.07 Å². The van der Waals surface area contributed by atoms with Crippen molar-refractivity contribution in [3.63, 3.8) is 0 Å². The van der Waals surface area contributed by atoms with Crippen LogP contribution in [0.3, 0.4) is 0 Å². The largest absolute Gasteiger partial charge is 0.455 e. The fourth-order valence-corrected chi connectivity index (χ4v) is 8.94. The second kappa shape index (κ2) is 12.7. The molecule has 0 aliphatic carbocycles.